The first kappa shape index (κ1) is 22.0. The van der Waals surface area contributed by atoms with Gasteiger partial charge in [-0.1, -0.05) is 35.2 Å². The number of nitrogens with zero attached hydrogens (tertiary/aromatic N) is 3. The van der Waals surface area contributed by atoms with E-state index in [2.05, 4.69) is 15.3 Å². The van der Waals surface area contributed by atoms with Crippen molar-refractivity contribution in [3.63, 3.8) is 0 Å². The number of hydrogen-bond acceptors (Lipinski definition) is 8. The molecule has 1 atom stereocenters. The van der Waals surface area contributed by atoms with Crippen LogP contribution >= 0.6 is 23.1 Å². The van der Waals surface area contributed by atoms with Crippen molar-refractivity contribution in [1.82, 2.24) is 9.88 Å². The van der Waals surface area contributed by atoms with E-state index in [1.807, 2.05) is 31.2 Å². The fourth-order valence-electron chi connectivity index (χ4n) is 3.16. The average molecular weight is 469 g/mol. The van der Waals surface area contributed by atoms with Crippen LogP contribution in [0.15, 0.2) is 53.5 Å². The van der Waals surface area contributed by atoms with Crippen LogP contribution in [0.1, 0.15) is 20.3 Å². The van der Waals surface area contributed by atoms with Crippen LogP contribution in [-0.4, -0.2) is 44.6 Å². The van der Waals surface area contributed by atoms with Gasteiger partial charge in [0.25, 0.3) is 0 Å². The fourth-order valence-corrected chi connectivity index (χ4v) is 5.26. The molecule has 1 fully saturated rings. The summed E-state index contributed by atoms with van der Waals surface area (Å²) in [7, 11) is 0. The molecule has 0 radical (unpaired) electrons. The molecule has 2 aromatic carbocycles. The van der Waals surface area contributed by atoms with E-state index < -0.39 is 11.2 Å². The number of thioether (sulfide) groups is 1. The molecule has 4 rings (SSSR count). The molecule has 2 heterocycles. The highest BCUT2D eigenvalue weighted by molar-refractivity contribution is 8.15. The van der Waals surface area contributed by atoms with Gasteiger partial charge >= 0.3 is 5.97 Å². The van der Waals surface area contributed by atoms with Crippen molar-refractivity contribution in [1.29, 1.82) is 0 Å². The van der Waals surface area contributed by atoms with Crippen LogP contribution in [0.3, 0.4) is 0 Å². The first-order valence-electron chi connectivity index (χ1n) is 9.93. The number of hydrogen-bond donors (Lipinski definition) is 1. The number of para-hydroxylation sites is 1. The molecule has 1 unspecified atom stereocenters. The molecule has 32 heavy (non-hydrogen) atoms. The van der Waals surface area contributed by atoms with Crippen molar-refractivity contribution >= 4 is 67.1 Å². The number of aliphatic imine (C=N–C) groups is 1. The molecule has 2 amide bonds. The lowest BCUT2D eigenvalue weighted by molar-refractivity contribution is -0.132. The molecule has 1 aromatic heterocycles. The smallest absolute Gasteiger partial charge is 0.308 e. The third-order valence-electron chi connectivity index (χ3n) is 4.58. The third kappa shape index (κ3) is 4.97. The Labute approximate surface area is 192 Å². The molecule has 164 valence electrons. The minimum Gasteiger partial charge on any atom is -0.427 e. The SMILES string of the molecule is CCN1C(=O)C(CC(=O)Nc2ccc(OC(C)=O)cc2)SC1=Nc1nc2ccccc2s1. The van der Waals surface area contributed by atoms with Gasteiger partial charge in [-0.15, -0.1) is 0 Å². The summed E-state index contributed by atoms with van der Waals surface area (Å²) in [6, 6.07) is 14.2. The number of carbonyl (C=O) groups excluding carboxylic acids is 3. The number of nitrogens with one attached hydrogen (secondary N) is 1. The quantitative estimate of drug-likeness (QED) is 0.430. The predicted molar refractivity (Wildman–Crippen MR) is 126 cm³/mol. The number of anilines is 1. The molecule has 1 saturated heterocycles. The van der Waals surface area contributed by atoms with Crippen molar-refractivity contribution in [2.75, 3.05) is 11.9 Å². The fraction of sp³-hybridized carbons (Fsp3) is 0.227. The maximum absolute atomic E-state index is 12.8. The van der Waals surface area contributed by atoms with Crippen LogP contribution in [0.25, 0.3) is 10.2 Å². The number of benzene rings is 2. The number of carbonyl (C=O) groups is 3. The van der Waals surface area contributed by atoms with E-state index in [-0.39, 0.29) is 18.2 Å². The summed E-state index contributed by atoms with van der Waals surface area (Å²) in [5, 5.41) is 3.36. The van der Waals surface area contributed by atoms with E-state index in [9.17, 15) is 14.4 Å². The van der Waals surface area contributed by atoms with Gasteiger partial charge in [0.2, 0.25) is 16.9 Å². The van der Waals surface area contributed by atoms with Crippen molar-refractivity contribution < 1.29 is 19.1 Å². The molecule has 0 aliphatic carbocycles. The Hall–Kier alpha value is -3.24. The minimum atomic E-state index is -0.552. The maximum Gasteiger partial charge on any atom is 0.308 e. The van der Waals surface area contributed by atoms with Gasteiger partial charge in [-0.3, -0.25) is 19.3 Å². The molecule has 3 aromatic rings. The zero-order chi connectivity index (χ0) is 22.7. The molecule has 1 N–H and O–H groups in total. The van der Waals surface area contributed by atoms with Crippen molar-refractivity contribution in [2.45, 2.75) is 25.5 Å². The zero-order valence-corrected chi connectivity index (χ0v) is 19.0. The van der Waals surface area contributed by atoms with Crippen LogP contribution in [-0.2, 0) is 14.4 Å². The van der Waals surface area contributed by atoms with E-state index >= 15 is 0 Å². The van der Waals surface area contributed by atoms with Gasteiger partial charge in [-0.2, -0.15) is 4.99 Å². The van der Waals surface area contributed by atoms with E-state index in [1.165, 1.54) is 30.0 Å². The monoisotopic (exact) mass is 468 g/mol. The highest BCUT2D eigenvalue weighted by atomic mass is 32.2. The Morgan fingerprint density at radius 3 is 2.62 bits per heavy atom. The molecule has 10 heteroatoms. The molecule has 1 aliphatic rings. The van der Waals surface area contributed by atoms with Gasteiger partial charge in [-0.25, -0.2) is 4.98 Å². The van der Waals surface area contributed by atoms with Crippen molar-refractivity contribution in [2.24, 2.45) is 4.99 Å². The molecular weight excluding hydrogens is 448 g/mol. The number of aromatic nitrogens is 1. The second kappa shape index (κ2) is 9.49. The lowest BCUT2D eigenvalue weighted by Crippen LogP contribution is -2.33. The molecule has 1 aliphatic heterocycles. The first-order chi connectivity index (χ1) is 15.4. The van der Waals surface area contributed by atoms with Gasteiger partial charge < -0.3 is 10.1 Å². The lowest BCUT2D eigenvalue weighted by Gasteiger charge is -2.13. The summed E-state index contributed by atoms with van der Waals surface area (Å²) < 4.78 is 6.00. The Balaban J connectivity index is 1.43. The molecule has 0 bridgehead atoms. The standard InChI is InChI=1S/C22H20N4O4S2/c1-3-26-20(29)18(12-19(28)23-14-8-10-15(11-9-14)30-13(2)27)32-22(26)25-21-24-16-6-4-5-7-17(16)31-21/h4-11,18H,3,12H2,1-2H3,(H,23,28). The Morgan fingerprint density at radius 2 is 1.94 bits per heavy atom. The summed E-state index contributed by atoms with van der Waals surface area (Å²) in [6.45, 7) is 3.66. The largest absolute Gasteiger partial charge is 0.427 e. The maximum atomic E-state index is 12.8. The summed E-state index contributed by atoms with van der Waals surface area (Å²) in [5.74, 6) is -0.445. The summed E-state index contributed by atoms with van der Waals surface area (Å²) in [6.07, 6.45) is 0.0184. The number of amidine groups is 1. The Bertz CT molecular complexity index is 1170. The summed E-state index contributed by atoms with van der Waals surface area (Å²) >= 11 is 2.74. The first-order valence-corrected chi connectivity index (χ1v) is 11.6. The van der Waals surface area contributed by atoms with Crippen LogP contribution in [0.5, 0.6) is 5.75 Å². The van der Waals surface area contributed by atoms with Gasteiger partial charge in [-0.05, 0) is 43.3 Å². The van der Waals surface area contributed by atoms with Gasteiger partial charge in [0, 0.05) is 25.6 Å². The zero-order valence-electron chi connectivity index (χ0n) is 17.4. The topological polar surface area (TPSA) is 101 Å². The molecular formula is C22H20N4O4S2. The van der Waals surface area contributed by atoms with E-state index in [1.54, 1.807) is 29.2 Å². The van der Waals surface area contributed by atoms with Crippen LogP contribution < -0.4 is 10.1 Å². The van der Waals surface area contributed by atoms with Crippen LogP contribution in [0.2, 0.25) is 0 Å². The van der Waals surface area contributed by atoms with Gasteiger partial charge in [0.1, 0.15) is 11.0 Å². The molecule has 0 saturated carbocycles. The minimum absolute atomic E-state index is 0.0184. The summed E-state index contributed by atoms with van der Waals surface area (Å²) in [5.41, 5.74) is 1.42. The number of thiazole rings is 1. The van der Waals surface area contributed by atoms with Crippen LogP contribution in [0.4, 0.5) is 10.8 Å². The average Bonchev–Trinajstić information content (AvgIpc) is 3.29. The molecule has 0 spiro atoms. The van der Waals surface area contributed by atoms with E-state index in [0.717, 1.165) is 10.2 Å². The van der Waals surface area contributed by atoms with Gasteiger partial charge in [0.15, 0.2) is 5.17 Å². The number of ether oxygens (including phenoxy) is 1. The number of amides is 2. The van der Waals surface area contributed by atoms with E-state index in [0.29, 0.717) is 28.3 Å². The highest BCUT2D eigenvalue weighted by Crippen LogP contribution is 2.34. The molecule has 8 nitrogen and oxygen atoms in total. The van der Waals surface area contributed by atoms with E-state index in [4.69, 9.17) is 4.74 Å². The second-order valence-corrected chi connectivity index (χ2v) is 9.10. The summed E-state index contributed by atoms with van der Waals surface area (Å²) in [4.78, 5) is 47.0. The van der Waals surface area contributed by atoms with Gasteiger partial charge in [0.05, 0.1) is 10.2 Å². The number of esters is 1. The lowest BCUT2D eigenvalue weighted by atomic mass is 10.2. The number of rotatable bonds is 6. The predicted octanol–water partition coefficient (Wildman–Crippen LogP) is 4.20. The third-order valence-corrected chi connectivity index (χ3v) is 6.69. The normalized spacial score (nSPS) is 17.2. The Kier molecular flexibility index (Phi) is 6.52. The van der Waals surface area contributed by atoms with Crippen LogP contribution in [0, 0.1) is 0 Å². The second-order valence-electron chi connectivity index (χ2n) is 6.92. The Morgan fingerprint density at radius 1 is 1.19 bits per heavy atom. The van der Waals surface area contributed by atoms with Crippen molar-refractivity contribution in [3.05, 3.63) is 48.5 Å². The van der Waals surface area contributed by atoms with Crippen molar-refractivity contribution in [3.8, 4) is 5.75 Å². The number of fused-ring (bicyclic) bond motifs is 1. The highest BCUT2D eigenvalue weighted by Gasteiger charge is 2.38.